The summed E-state index contributed by atoms with van der Waals surface area (Å²) in [6.07, 6.45) is 17.6. The Hall–Kier alpha value is -1.76. The van der Waals surface area contributed by atoms with E-state index in [2.05, 4.69) is 76.9 Å². The SMILES string of the molecule is C=C/C=C(\C=C(/C)CC)CCNC1=CC(CC)=C[C@H](C)C(CC)=C1. The third-order valence-corrected chi connectivity index (χ3v) is 4.61. The van der Waals surface area contributed by atoms with E-state index in [9.17, 15) is 0 Å². The summed E-state index contributed by atoms with van der Waals surface area (Å²) in [6, 6.07) is 0. The minimum Gasteiger partial charge on any atom is -0.385 e. The number of allylic oxidation sites excluding steroid dienone is 9. The zero-order valence-corrected chi connectivity index (χ0v) is 16.3. The molecule has 1 atom stereocenters. The van der Waals surface area contributed by atoms with E-state index in [1.54, 1.807) is 0 Å². The van der Waals surface area contributed by atoms with Crippen LogP contribution in [-0.4, -0.2) is 6.54 Å². The molecule has 0 spiro atoms. The Morgan fingerprint density at radius 3 is 2.54 bits per heavy atom. The van der Waals surface area contributed by atoms with E-state index in [-0.39, 0.29) is 0 Å². The molecule has 0 saturated carbocycles. The number of rotatable bonds is 9. The summed E-state index contributed by atoms with van der Waals surface area (Å²) in [5.74, 6) is 0.534. The lowest BCUT2D eigenvalue weighted by molar-refractivity contribution is 0.784. The van der Waals surface area contributed by atoms with Gasteiger partial charge in [0.25, 0.3) is 0 Å². The van der Waals surface area contributed by atoms with Gasteiger partial charge in [0.2, 0.25) is 0 Å². The fourth-order valence-corrected chi connectivity index (χ4v) is 2.92. The summed E-state index contributed by atoms with van der Waals surface area (Å²) >= 11 is 0. The maximum Gasteiger partial charge on any atom is 0.0342 e. The topological polar surface area (TPSA) is 12.0 Å². The third kappa shape index (κ3) is 6.78. The molecule has 0 bridgehead atoms. The molecule has 1 rings (SSSR count). The highest BCUT2D eigenvalue weighted by atomic mass is 14.9. The van der Waals surface area contributed by atoms with E-state index in [0.717, 1.165) is 32.2 Å². The first-order valence-electron chi connectivity index (χ1n) is 9.39. The van der Waals surface area contributed by atoms with Crippen molar-refractivity contribution >= 4 is 0 Å². The Balaban J connectivity index is 2.79. The van der Waals surface area contributed by atoms with E-state index in [1.807, 2.05) is 6.08 Å². The zero-order valence-electron chi connectivity index (χ0n) is 16.3. The molecule has 1 heteroatoms. The smallest absolute Gasteiger partial charge is 0.0342 e. The second-order valence-electron chi connectivity index (χ2n) is 6.55. The molecule has 0 aromatic heterocycles. The largest absolute Gasteiger partial charge is 0.385 e. The predicted octanol–water partition coefficient (Wildman–Crippen LogP) is 6.64. The van der Waals surface area contributed by atoms with E-state index >= 15 is 0 Å². The van der Waals surface area contributed by atoms with Crippen molar-refractivity contribution in [2.45, 2.75) is 60.3 Å². The van der Waals surface area contributed by atoms with Crippen molar-refractivity contribution in [3.05, 3.63) is 71.0 Å². The Labute approximate surface area is 149 Å². The standard InChI is InChI=1S/C23H35N/c1-7-11-21(14-18(5)8-2)12-13-24-23-16-20(9-3)15-19(6)22(10-4)17-23/h7,11,14-17,19,24H,1,8-10,12-13H2,2-6H3/b18-14+,21-11-/t19-/m0/s1. The minimum atomic E-state index is 0.534. The van der Waals surface area contributed by atoms with Crippen LogP contribution in [0.25, 0.3) is 0 Å². The second kappa shape index (κ2) is 10.9. The van der Waals surface area contributed by atoms with Crippen molar-refractivity contribution in [2.24, 2.45) is 5.92 Å². The molecule has 1 N–H and O–H groups in total. The lowest BCUT2D eigenvalue weighted by Crippen LogP contribution is -2.14. The third-order valence-electron chi connectivity index (χ3n) is 4.61. The van der Waals surface area contributed by atoms with Crippen LogP contribution in [0.3, 0.4) is 0 Å². The summed E-state index contributed by atoms with van der Waals surface area (Å²) in [7, 11) is 0. The highest BCUT2D eigenvalue weighted by molar-refractivity contribution is 5.37. The molecular weight excluding hydrogens is 290 g/mol. The second-order valence-corrected chi connectivity index (χ2v) is 6.55. The van der Waals surface area contributed by atoms with Gasteiger partial charge in [0.05, 0.1) is 0 Å². The van der Waals surface area contributed by atoms with Gasteiger partial charge < -0.3 is 5.32 Å². The monoisotopic (exact) mass is 325 g/mol. The highest BCUT2D eigenvalue weighted by Crippen LogP contribution is 2.24. The van der Waals surface area contributed by atoms with Crippen molar-refractivity contribution in [3.8, 4) is 0 Å². The summed E-state index contributed by atoms with van der Waals surface area (Å²) < 4.78 is 0. The van der Waals surface area contributed by atoms with Crippen LogP contribution in [0.2, 0.25) is 0 Å². The van der Waals surface area contributed by atoms with Crippen LogP contribution >= 0.6 is 0 Å². The van der Waals surface area contributed by atoms with Crippen molar-refractivity contribution in [1.29, 1.82) is 0 Å². The van der Waals surface area contributed by atoms with Crippen LogP contribution in [-0.2, 0) is 0 Å². The van der Waals surface area contributed by atoms with E-state index in [1.165, 1.54) is 28.0 Å². The Morgan fingerprint density at radius 1 is 1.21 bits per heavy atom. The van der Waals surface area contributed by atoms with Crippen LogP contribution in [0.5, 0.6) is 0 Å². The quantitative estimate of drug-likeness (QED) is 0.468. The molecule has 0 aromatic rings. The van der Waals surface area contributed by atoms with Crippen LogP contribution < -0.4 is 5.32 Å². The number of nitrogens with one attached hydrogen (secondary N) is 1. The molecule has 0 aliphatic heterocycles. The summed E-state index contributed by atoms with van der Waals surface area (Å²) in [5, 5.41) is 3.63. The van der Waals surface area contributed by atoms with Crippen LogP contribution in [0.4, 0.5) is 0 Å². The van der Waals surface area contributed by atoms with Gasteiger partial charge in [-0.3, -0.25) is 0 Å². The summed E-state index contributed by atoms with van der Waals surface area (Å²) in [4.78, 5) is 0. The normalized spacial score (nSPS) is 19.2. The van der Waals surface area contributed by atoms with Crippen LogP contribution in [0.1, 0.15) is 60.3 Å². The lowest BCUT2D eigenvalue weighted by Gasteiger charge is -2.11. The van der Waals surface area contributed by atoms with Crippen molar-refractivity contribution in [2.75, 3.05) is 6.54 Å². The maximum absolute atomic E-state index is 3.84. The molecule has 0 amide bonds. The fraction of sp³-hybridized carbons (Fsp3) is 0.478. The van der Waals surface area contributed by atoms with Gasteiger partial charge in [-0.15, -0.1) is 0 Å². The molecule has 0 fully saturated rings. The van der Waals surface area contributed by atoms with E-state index in [4.69, 9.17) is 0 Å². The predicted molar refractivity (Wildman–Crippen MR) is 109 cm³/mol. The van der Waals surface area contributed by atoms with Gasteiger partial charge in [0.15, 0.2) is 0 Å². The molecule has 1 nitrogen and oxygen atoms in total. The minimum absolute atomic E-state index is 0.534. The van der Waals surface area contributed by atoms with Gasteiger partial charge >= 0.3 is 0 Å². The number of hydrogen-bond donors (Lipinski definition) is 1. The molecule has 0 saturated heterocycles. The molecular formula is C23H35N. The van der Waals surface area contributed by atoms with Gasteiger partial charge in [0, 0.05) is 12.2 Å². The van der Waals surface area contributed by atoms with Crippen LogP contribution in [0, 0.1) is 5.92 Å². The molecule has 0 aromatic carbocycles. The lowest BCUT2D eigenvalue weighted by atomic mass is 9.97. The van der Waals surface area contributed by atoms with Gasteiger partial charge in [-0.1, -0.05) is 69.7 Å². The molecule has 24 heavy (non-hydrogen) atoms. The van der Waals surface area contributed by atoms with E-state index in [0.29, 0.717) is 5.92 Å². The fourth-order valence-electron chi connectivity index (χ4n) is 2.92. The van der Waals surface area contributed by atoms with Gasteiger partial charge in [-0.25, -0.2) is 0 Å². The Morgan fingerprint density at radius 2 is 1.96 bits per heavy atom. The van der Waals surface area contributed by atoms with Crippen LogP contribution in [0.15, 0.2) is 71.0 Å². The summed E-state index contributed by atoms with van der Waals surface area (Å²) in [6.45, 7) is 15.9. The average molecular weight is 326 g/mol. The molecule has 1 aliphatic rings. The average Bonchev–Trinajstić information content (AvgIpc) is 2.73. The first-order chi connectivity index (χ1) is 11.5. The zero-order chi connectivity index (χ0) is 17.9. The molecule has 0 unspecified atom stereocenters. The Kier molecular flexibility index (Phi) is 9.22. The highest BCUT2D eigenvalue weighted by Gasteiger charge is 2.10. The molecule has 0 heterocycles. The Bertz CT molecular complexity index is 567. The molecule has 1 aliphatic carbocycles. The van der Waals surface area contributed by atoms with Crippen molar-refractivity contribution in [3.63, 3.8) is 0 Å². The van der Waals surface area contributed by atoms with Gasteiger partial charge in [-0.2, -0.15) is 0 Å². The molecule has 132 valence electrons. The number of hydrogen-bond acceptors (Lipinski definition) is 1. The van der Waals surface area contributed by atoms with Crippen molar-refractivity contribution < 1.29 is 0 Å². The maximum atomic E-state index is 3.84. The van der Waals surface area contributed by atoms with E-state index < -0.39 is 0 Å². The first-order valence-corrected chi connectivity index (χ1v) is 9.39. The van der Waals surface area contributed by atoms with Crippen molar-refractivity contribution in [1.82, 2.24) is 5.32 Å². The van der Waals surface area contributed by atoms with Gasteiger partial charge in [-0.05, 0) is 61.8 Å². The molecule has 0 radical (unpaired) electrons. The summed E-state index contributed by atoms with van der Waals surface area (Å²) in [5.41, 5.74) is 6.92. The first kappa shape index (κ1) is 20.3. The van der Waals surface area contributed by atoms with Gasteiger partial charge in [0.1, 0.15) is 0 Å².